The molecule has 2 aromatic heterocycles. The van der Waals surface area contributed by atoms with Gasteiger partial charge >= 0.3 is 0 Å². The van der Waals surface area contributed by atoms with Crippen molar-refractivity contribution in [3.63, 3.8) is 0 Å². The number of piperazine rings is 1. The summed E-state index contributed by atoms with van der Waals surface area (Å²) >= 11 is 0. The molecule has 208 valence electrons. The number of nitrogens with zero attached hydrogens (tertiary/aromatic N) is 5. The van der Waals surface area contributed by atoms with E-state index in [4.69, 9.17) is 20.4 Å². The molecule has 0 amide bonds. The number of hydrogen-bond donors (Lipinski definition) is 4. The molecule has 2 fully saturated rings. The topological polar surface area (TPSA) is 125 Å². The Bertz CT molecular complexity index is 1010. The molecular weight excluding hydrogens is 480 g/mol. The van der Waals surface area contributed by atoms with Gasteiger partial charge in [-0.3, -0.25) is 0 Å². The van der Waals surface area contributed by atoms with E-state index >= 15 is 0 Å². The van der Waals surface area contributed by atoms with Gasteiger partial charge in [-0.1, -0.05) is 13.0 Å². The molecule has 0 saturated carbocycles. The van der Waals surface area contributed by atoms with Crippen LogP contribution in [0.3, 0.4) is 0 Å². The van der Waals surface area contributed by atoms with E-state index in [1.54, 1.807) is 6.20 Å². The zero-order valence-corrected chi connectivity index (χ0v) is 22.7. The predicted octanol–water partition coefficient (Wildman–Crippen LogP) is 2.61. The van der Waals surface area contributed by atoms with Crippen LogP contribution in [0, 0.1) is 0 Å². The smallest absolute Gasteiger partial charge is 0.213 e. The zero-order valence-electron chi connectivity index (χ0n) is 22.7. The molecule has 2 aromatic rings. The minimum Gasteiger partial charge on any atom is -0.478 e. The third-order valence-corrected chi connectivity index (χ3v) is 7.32. The number of nitrogens with two attached hydrogens (primary N) is 1. The molecule has 5 N–H and O–H groups in total. The summed E-state index contributed by atoms with van der Waals surface area (Å²) in [6.07, 6.45) is 9.29. The van der Waals surface area contributed by atoms with E-state index in [-0.39, 0.29) is 12.6 Å². The fraction of sp³-hybridized carbons (Fsp3) is 0.607. The molecule has 0 aliphatic carbocycles. The highest BCUT2D eigenvalue weighted by atomic mass is 16.5. The van der Waals surface area contributed by atoms with Gasteiger partial charge in [0.25, 0.3) is 0 Å². The van der Waals surface area contributed by atoms with Crippen LogP contribution in [-0.4, -0.2) is 83.5 Å². The Balaban J connectivity index is 1.36. The number of pyridine rings is 1. The van der Waals surface area contributed by atoms with Crippen LogP contribution in [0.25, 0.3) is 5.57 Å². The zero-order chi connectivity index (χ0) is 26.6. The van der Waals surface area contributed by atoms with Gasteiger partial charge in [0.2, 0.25) is 5.88 Å². The lowest BCUT2D eigenvalue weighted by atomic mass is 9.99. The molecule has 4 rings (SSSR count). The highest BCUT2D eigenvalue weighted by molar-refractivity contribution is 5.63. The Hall–Kier alpha value is -2.95. The Morgan fingerprint density at radius 1 is 1.24 bits per heavy atom. The van der Waals surface area contributed by atoms with E-state index in [0.29, 0.717) is 24.9 Å². The van der Waals surface area contributed by atoms with E-state index < -0.39 is 0 Å². The number of piperidine rings is 1. The Morgan fingerprint density at radius 3 is 2.84 bits per heavy atom. The van der Waals surface area contributed by atoms with Crippen LogP contribution in [0.2, 0.25) is 0 Å². The molecule has 0 spiro atoms. The number of allylic oxidation sites excluding steroid dienone is 1. The van der Waals surface area contributed by atoms with Crippen molar-refractivity contribution >= 4 is 17.2 Å². The van der Waals surface area contributed by atoms with Gasteiger partial charge in [0, 0.05) is 88.6 Å². The molecule has 1 atom stereocenters. The molecule has 2 aliphatic rings. The van der Waals surface area contributed by atoms with Crippen LogP contribution >= 0.6 is 0 Å². The molecule has 2 saturated heterocycles. The number of ether oxygens (including phenoxy) is 1. The quantitative estimate of drug-likeness (QED) is 0.291. The number of aliphatic hydroxyl groups excluding tert-OH is 1. The van der Waals surface area contributed by atoms with Crippen molar-refractivity contribution in [1.29, 1.82) is 0 Å². The van der Waals surface area contributed by atoms with Gasteiger partial charge in [0.1, 0.15) is 11.6 Å². The van der Waals surface area contributed by atoms with Gasteiger partial charge in [0.15, 0.2) is 5.82 Å². The first-order valence-corrected chi connectivity index (χ1v) is 14.1. The monoisotopic (exact) mass is 524 g/mol. The van der Waals surface area contributed by atoms with E-state index in [1.807, 2.05) is 24.4 Å². The first kappa shape index (κ1) is 28.1. The molecule has 0 radical (unpaired) electrons. The first-order valence-electron chi connectivity index (χ1n) is 14.1. The predicted molar refractivity (Wildman–Crippen MR) is 152 cm³/mol. The number of anilines is 2. The van der Waals surface area contributed by atoms with Crippen molar-refractivity contribution in [2.24, 2.45) is 5.73 Å². The van der Waals surface area contributed by atoms with Gasteiger partial charge in [-0.05, 0) is 44.1 Å². The molecule has 0 aromatic carbocycles. The third-order valence-electron chi connectivity index (χ3n) is 7.32. The van der Waals surface area contributed by atoms with Crippen LogP contribution < -0.4 is 26.0 Å². The first-order chi connectivity index (χ1) is 18.7. The maximum absolute atomic E-state index is 9.58. The van der Waals surface area contributed by atoms with Crippen LogP contribution in [0.15, 0.2) is 30.6 Å². The van der Waals surface area contributed by atoms with E-state index in [2.05, 4.69) is 32.3 Å². The van der Waals surface area contributed by atoms with Crippen molar-refractivity contribution in [3.8, 4) is 5.88 Å². The fourth-order valence-corrected chi connectivity index (χ4v) is 5.11. The second-order valence-electron chi connectivity index (χ2n) is 9.99. The van der Waals surface area contributed by atoms with Crippen LogP contribution in [0.5, 0.6) is 5.88 Å². The lowest BCUT2D eigenvalue weighted by Gasteiger charge is -2.36. The molecule has 10 nitrogen and oxygen atoms in total. The van der Waals surface area contributed by atoms with Gasteiger partial charge < -0.3 is 36.0 Å². The minimum absolute atomic E-state index is 0.177. The summed E-state index contributed by atoms with van der Waals surface area (Å²) in [4.78, 5) is 18.9. The van der Waals surface area contributed by atoms with Crippen LogP contribution in [0.1, 0.15) is 56.8 Å². The highest BCUT2D eigenvalue weighted by Crippen LogP contribution is 2.28. The van der Waals surface area contributed by atoms with Crippen molar-refractivity contribution in [1.82, 2.24) is 25.2 Å². The summed E-state index contributed by atoms with van der Waals surface area (Å²) in [5.41, 5.74) is 7.85. The summed E-state index contributed by atoms with van der Waals surface area (Å²) in [6, 6.07) is 6.25. The van der Waals surface area contributed by atoms with Gasteiger partial charge in [-0.2, -0.15) is 0 Å². The maximum atomic E-state index is 9.58. The maximum Gasteiger partial charge on any atom is 0.213 e. The SMILES string of the molecule is CCC(=CN)c1nc(NCc2ccc(OCCCN3CCNCC3)nc2)cc(N2CCCCC2CCO)n1. The molecule has 4 heterocycles. The summed E-state index contributed by atoms with van der Waals surface area (Å²) < 4.78 is 5.86. The number of aromatic nitrogens is 3. The molecule has 0 bridgehead atoms. The van der Waals surface area contributed by atoms with Crippen molar-refractivity contribution in [2.75, 3.05) is 62.7 Å². The fourth-order valence-electron chi connectivity index (χ4n) is 5.11. The summed E-state index contributed by atoms with van der Waals surface area (Å²) in [5, 5.41) is 16.4. The summed E-state index contributed by atoms with van der Waals surface area (Å²) in [6.45, 7) is 9.83. The number of aliphatic hydroxyl groups is 1. The minimum atomic E-state index is 0.177. The standard InChI is InChI=1S/C28H44N8O2/c1-2-23(19-29)28-33-25(18-26(34-28)36-13-4-3-6-24(36)9-16-37)31-20-22-7-8-27(32-21-22)38-17-5-12-35-14-10-30-11-15-35/h7-8,18-19,21,24,30,37H,2-6,9-17,20,29H2,1H3,(H,31,33,34). The molecule has 38 heavy (non-hydrogen) atoms. The normalized spacial score (nSPS) is 18.9. The summed E-state index contributed by atoms with van der Waals surface area (Å²) in [7, 11) is 0. The Morgan fingerprint density at radius 2 is 2.11 bits per heavy atom. The number of nitrogens with one attached hydrogen (secondary N) is 2. The van der Waals surface area contributed by atoms with Gasteiger partial charge in [0.05, 0.1) is 6.61 Å². The lowest BCUT2D eigenvalue weighted by Crippen LogP contribution is -2.43. The molecule has 1 unspecified atom stereocenters. The molecule has 10 heteroatoms. The third kappa shape index (κ3) is 8.02. The van der Waals surface area contributed by atoms with E-state index in [1.165, 1.54) is 6.42 Å². The van der Waals surface area contributed by atoms with E-state index in [0.717, 1.165) is 94.1 Å². The second-order valence-corrected chi connectivity index (χ2v) is 9.99. The van der Waals surface area contributed by atoms with Crippen LogP contribution in [0.4, 0.5) is 11.6 Å². The summed E-state index contributed by atoms with van der Waals surface area (Å²) in [5.74, 6) is 2.93. The van der Waals surface area contributed by atoms with Gasteiger partial charge in [-0.25, -0.2) is 15.0 Å². The van der Waals surface area contributed by atoms with E-state index in [9.17, 15) is 5.11 Å². The van der Waals surface area contributed by atoms with Crippen molar-refractivity contribution in [2.45, 2.75) is 58.0 Å². The van der Waals surface area contributed by atoms with Crippen molar-refractivity contribution in [3.05, 3.63) is 42.0 Å². The second kappa shape index (κ2) is 14.8. The number of hydrogen-bond acceptors (Lipinski definition) is 10. The van der Waals surface area contributed by atoms with Crippen molar-refractivity contribution < 1.29 is 9.84 Å². The van der Waals surface area contributed by atoms with Crippen LogP contribution in [-0.2, 0) is 6.54 Å². The largest absolute Gasteiger partial charge is 0.478 e. The average Bonchev–Trinajstić information content (AvgIpc) is 2.96. The Labute approximate surface area is 226 Å². The highest BCUT2D eigenvalue weighted by Gasteiger charge is 2.24. The molecule has 2 aliphatic heterocycles. The molecular formula is C28H44N8O2. The van der Waals surface area contributed by atoms with Gasteiger partial charge in [-0.15, -0.1) is 0 Å². The lowest BCUT2D eigenvalue weighted by molar-refractivity contribution is 0.211. The number of rotatable bonds is 13. The average molecular weight is 525 g/mol. The Kier molecular flexibility index (Phi) is 11.0.